The maximum absolute atomic E-state index is 3.98. The summed E-state index contributed by atoms with van der Waals surface area (Å²) >= 11 is 0. The molecule has 0 fully saturated rings. The lowest BCUT2D eigenvalue weighted by atomic mass is 9.94. The number of likely N-dealkylation sites (N-methyl/N-ethyl adjacent to an activating group) is 1. The predicted molar refractivity (Wildman–Crippen MR) is 78.1 cm³/mol. The highest BCUT2D eigenvalue weighted by atomic mass is 15.1. The summed E-state index contributed by atoms with van der Waals surface area (Å²) in [6, 6.07) is 8.80. The number of nitrogens with zero attached hydrogens (tertiary/aromatic N) is 2. The van der Waals surface area contributed by atoms with E-state index in [0.717, 1.165) is 13.0 Å². The van der Waals surface area contributed by atoms with Gasteiger partial charge in [-0.15, -0.1) is 0 Å². The zero-order valence-corrected chi connectivity index (χ0v) is 11.9. The van der Waals surface area contributed by atoms with Crippen molar-refractivity contribution in [3.05, 3.63) is 58.9 Å². The maximum Gasteiger partial charge on any atom is 0.0544 e. The largest absolute Gasteiger partial charge is 0.310 e. The summed E-state index contributed by atoms with van der Waals surface area (Å²) in [5.74, 6) is 0. The Bertz CT molecular complexity index is 503. The second-order valence-electron chi connectivity index (χ2n) is 4.86. The Morgan fingerprint density at radius 2 is 1.84 bits per heavy atom. The van der Waals surface area contributed by atoms with Crippen molar-refractivity contribution in [2.45, 2.75) is 33.2 Å². The summed E-state index contributed by atoms with van der Waals surface area (Å²) in [6.07, 6.45) is 4.59. The number of aryl methyl sites for hydroxylation is 2. The second kappa shape index (κ2) is 6.43. The molecule has 3 nitrogen and oxygen atoms in total. The van der Waals surface area contributed by atoms with Crippen molar-refractivity contribution in [1.82, 2.24) is 15.5 Å². The molecular formula is C16H21N3. The first-order chi connectivity index (χ1) is 9.22. The van der Waals surface area contributed by atoms with E-state index < -0.39 is 0 Å². The molecule has 1 aromatic carbocycles. The number of hydrogen-bond acceptors (Lipinski definition) is 3. The lowest BCUT2D eigenvalue weighted by Gasteiger charge is -2.20. The zero-order chi connectivity index (χ0) is 13.7. The molecule has 19 heavy (non-hydrogen) atoms. The van der Waals surface area contributed by atoms with Crippen LogP contribution in [0.25, 0.3) is 0 Å². The van der Waals surface area contributed by atoms with Crippen molar-refractivity contribution in [2.24, 2.45) is 0 Å². The SMILES string of the molecule is CCNC(Cc1c(C)cccc1C)c1ccnnc1. The van der Waals surface area contributed by atoms with Crippen LogP contribution in [0.4, 0.5) is 0 Å². The fourth-order valence-electron chi connectivity index (χ4n) is 2.44. The van der Waals surface area contributed by atoms with Gasteiger partial charge in [0.2, 0.25) is 0 Å². The Morgan fingerprint density at radius 3 is 2.42 bits per heavy atom. The highest BCUT2D eigenvalue weighted by Crippen LogP contribution is 2.22. The van der Waals surface area contributed by atoms with Gasteiger partial charge < -0.3 is 5.32 Å². The van der Waals surface area contributed by atoms with E-state index in [-0.39, 0.29) is 0 Å². The van der Waals surface area contributed by atoms with Gasteiger partial charge in [-0.25, -0.2) is 0 Å². The molecule has 0 amide bonds. The topological polar surface area (TPSA) is 37.8 Å². The fourth-order valence-corrected chi connectivity index (χ4v) is 2.44. The van der Waals surface area contributed by atoms with Crippen molar-refractivity contribution >= 4 is 0 Å². The van der Waals surface area contributed by atoms with Gasteiger partial charge in [-0.2, -0.15) is 10.2 Å². The minimum absolute atomic E-state index is 0.292. The fraction of sp³-hybridized carbons (Fsp3) is 0.375. The molecule has 0 aliphatic rings. The highest BCUT2D eigenvalue weighted by Gasteiger charge is 2.14. The minimum atomic E-state index is 0.292. The van der Waals surface area contributed by atoms with Gasteiger partial charge in [0, 0.05) is 12.2 Å². The Labute approximate surface area is 115 Å². The molecule has 0 saturated carbocycles. The molecule has 2 rings (SSSR count). The minimum Gasteiger partial charge on any atom is -0.310 e. The number of rotatable bonds is 5. The van der Waals surface area contributed by atoms with E-state index in [1.54, 1.807) is 6.20 Å². The molecule has 3 heteroatoms. The number of aromatic nitrogens is 2. The van der Waals surface area contributed by atoms with Crippen molar-refractivity contribution in [1.29, 1.82) is 0 Å². The molecule has 0 bridgehead atoms. The number of benzene rings is 1. The maximum atomic E-state index is 3.98. The van der Waals surface area contributed by atoms with Crippen molar-refractivity contribution in [3.63, 3.8) is 0 Å². The van der Waals surface area contributed by atoms with Crippen molar-refractivity contribution in [3.8, 4) is 0 Å². The van der Waals surface area contributed by atoms with Crippen LogP contribution in [-0.4, -0.2) is 16.7 Å². The normalized spacial score (nSPS) is 12.4. The van der Waals surface area contributed by atoms with Gasteiger partial charge in [-0.05, 0) is 55.1 Å². The van der Waals surface area contributed by atoms with Crippen LogP contribution in [0.15, 0.2) is 36.7 Å². The number of nitrogens with one attached hydrogen (secondary N) is 1. The molecule has 1 N–H and O–H groups in total. The molecule has 1 unspecified atom stereocenters. The summed E-state index contributed by atoms with van der Waals surface area (Å²) in [6.45, 7) is 7.43. The second-order valence-corrected chi connectivity index (χ2v) is 4.86. The number of hydrogen-bond donors (Lipinski definition) is 1. The van der Waals surface area contributed by atoms with Gasteiger partial charge in [0.05, 0.1) is 6.20 Å². The van der Waals surface area contributed by atoms with E-state index in [2.05, 4.69) is 54.5 Å². The van der Waals surface area contributed by atoms with Gasteiger partial charge in [0.25, 0.3) is 0 Å². The lowest BCUT2D eigenvalue weighted by Crippen LogP contribution is -2.23. The monoisotopic (exact) mass is 255 g/mol. The molecule has 2 aromatic rings. The van der Waals surface area contributed by atoms with E-state index in [4.69, 9.17) is 0 Å². The molecule has 100 valence electrons. The van der Waals surface area contributed by atoms with Crippen LogP contribution in [0.3, 0.4) is 0 Å². The molecule has 0 spiro atoms. The molecule has 0 aliphatic carbocycles. The first kappa shape index (κ1) is 13.7. The average molecular weight is 255 g/mol. The van der Waals surface area contributed by atoms with Gasteiger partial charge >= 0.3 is 0 Å². The third-order valence-electron chi connectivity index (χ3n) is 3.51. The first-order valence-electron chi connectivity index (χ1n) is 6.77. The van der Waals surface area contributed by atoms with E-state index in [1.807, 2.05) is 12.3 Å². The molecule has 1 atom stereocenters. The molecule has 0 saturated heterocycles. The van der Waals surface area contributed by atoms with E-state index in [0.29, 0.717) is 6.04 Å². The van der Waals surface area contributed by atoms with Gasteiger partial charge in [-0.1, -0.05) is 25.1 Å². The Morgan fingerprint density at radius 1 is 1.11 bits per heavy atom. The molecule has 1 aromatic heterocycles. The summed E-state index contributed by atoms with van der Waals surface area (Å²) < 4.78 is 0. The van der Waals surface area contributed by atoms with Crippen molar-refractivity contribution in [2.75, 3.05) is 6.54 Å². The van der Waals surface area contributed by atoms with Crippen LogP contribution in [0.1, 0.15) is 35.2 Å². The highest BCUT2D eigenvalue weighted by molar-refractivity contribution is 5.35. The Hall–Kier alpha value is -1.74. The van der Waals surface area contributed by atoms with Gasteiger partial charge in [-0.3, -0.25) is 0 Å². The zero-order valence-electron chi connectivity index (χ0n) is 11.9. The Kier molecular flexibility index (Phi) is 4.63. The van der Waals surface area contributed by atoms with Crippen LogP contribution in [0, 0.1) is 13.8 Å². The molecule has 0 aliphatic heterocycles. The van der Waals surface area contributed by atoms with E-state index >= 15 is 0 Å². The summed E-state index contributed by atoms with van der Waals surface area (Å²) in [7, 11) is 0. The standard InChI is InChI=1S/C16H21N3/c1-4-17-16(14-8-9-18-19-11-14)10-15-12(2)6-5-7-13(15)3/h5-9,11,16-17H,4,10H2,1-3H3. The third kappa shape index (κ3) is 3.38. The quantitative estimate of drug-likeness (QED) is 0.892. The van der Waals surface area contributed by atoms with Crippen LogP contribution >= 0.6 is 0 Å². The summed E-state index contributed by atoms with van der Waals surface area (Å²) in [5.41, 5.74) is 5.32. The van der Waals surface area contributed by atoms with E-state index in [9.17, 15) is 0 Å². The van der Waals surface area contributed by atoms with Crippen LogP contribution in [-0.2, 0) is 6.42 Å². The van der Waals surface area contributed by atoms with Gasteiger partial charge in [0.15, 0.2) is 0 Å². The smallest absolute Gasteiger partial charge is 0.0544 e. The Balaban J connectivity index is 2.27. The van der Waals surface area contributed by atoms with Gasteiger partial charge in [0.1, 0.15) is 0 Å². The first-order valence-corrected chi connectivity index (χ1v) is 6.77. The van der Waals surface area contributed by atoms with Crippen LogP contribution in [0.2, 0.25) is 0 Å². The molecule has 1 heterocycles. The molecular weight excluding hydrogens is 234 g/mol. The molecule has 0 radical (unpaired) electrons. The van der Waals surface area contributed by atoms with Crippen LogP contribution < -0.4 is 5.32 Å². The van der Waals surface area contributed by atoms with E-state index in [1.165, 1.54) is 22.3 Å². The predicted octanol–water partition coefficient (Wildman–Crippen LogP) is 2.99. The summed E-state index contributed by atoms with van der Waals surface area (Å²) in [4.78, 5) is 0. The average Bonchev–Trinajstić information content (AvgIpc) is 2.43. The van der Waals surface area contributed by atoms with Crippen molar-refractivity contribution < 1.29 is 0 Å². The lowest BCUT2D eigenvalue weighted by molar-refractivity contribution is 0.544. The third-order valence-corrected chi connectivity index (χ3v) is 3.51. The summed E-state index contributed by atoms with van der Waals surface area (Å²) in [5, 5.41) is 11.4. The van der Waals surface area contributed by atoms with Crippen LogP contribution in [0.5, 0.6) is 0 Å².